The van der Waals surface area contributed by atoms with Crippen molar-refractivity contribution in [1.29, 1.82) is 0 Å². The SMILES string of the molecule is CC(I)CCC(C)(F)F. The van der Waals surface area contributed by atoms with Gasteiger partial charge >= 0.3 is 0 Å². The van der Waals surface area contributed by atoms with E-state index in [2.05, 4.69) is 22.6 Å². The van der Waals surface area contributed by atoms with Gasteiger partial charge in [-0.15, -0.1) is 0 Å². The molecule has 9 heavy (non-hydrogen) atoms. The molecule has 0 nitrogen and oxygen atoms in total. The maximum absolute atomic E-state index is 12.1. The van der Waals surface area contributed by atoms with E-state index in [9.17, 15) is 8.78 Å². The number of halogens is 3. The molecule has 0 aliphatic rings. The van der Waals surface area contributed by atoms with Crippen molar-refractivity contribution in [3.63, 3.8) is 0 Å². The van der Waals surface area contributed by atoms with Crippen LogP contribution in [0.15, 0.2) is 0 Å². The predicted molar refractivity (Wildman–Crippen MR) is 43.3 cm³/mol. The standard InChI is InChI=1S/C6H11F2I/c1-5(9)3-4-6(2,7)8/h5H,3-4H2,1-2H3. The fourth-order valence-electron chi connectivity index (χ4n) is 0.452. The van der Waals surface area contributed by atoms with E-state index in [0.29, 0.717) is 10.3 Å². The molecule has 0 radical (unpaired) electrons. The van der Waals surface area contributed by atoms with E-state index in [4.69, 9.17) is 0 Å². The van der Waals surface area contributed by atoms with Gasteiger partial charge in [0.25, 0.3) is 0 Å². The Morgan fingerprint density at radius 1 is 1.56 bits per heavy atom. The van der Waals surface area contributed by atoms with Crippen molar-refractivity contribution in [2.24, 2.45) is 0 Å². The van der Waals surface area contributed by atoms with Gasteiger partial charge in [-0.2, -0.15) is 0 Å². The van der Waals surface area contributed by atoms with Crippen molar-refractivity contribution in [2.75, 3.05) is 0 Å². The Labute approximate surface area is 68.2 Å². The van der Waals surface area contributed by atoms with Crippen LogP contribution in [-0.2, 0) is 0 Å². The molecule has 0 rings (SSSR count). The van der Waals surface area contributed by atoms with Crippen LogP contribution in [-0.4, -0.2) is 9.85 Å². The van der Waals surface area contributed by atoms with Crippen LogP contribution in [0, 0.1) is 0 Å². The number of rotatable bonds is 3. The highest BCUT2D eigenvalue weighted by atomic mass is 127. The Kier molecular flexibility index (Phi) is 3.93. The van der Waals surface area contributed by atoms with Gasteiger partial charge in [0, 0.05) is 10.3 Å². The lowest BCUT2D eigenvalue weighted by atomic mass is 10.2. The first-order valence-electron chi connectivity index (χ1n) is 2.94. The quantitative estimate of drug-likeness (QED) is 0.531. The summed E-state index contributed by atoms with van der Waals surface area (Å²) >= 11 is 2.15. The second-order valence-electron chi connectivity index (χ2n) is 2.39. The molecule has 0 aliphatic heterocycles. The van der Waals surface area contributed by atoms with Crippen LogP contribution in [0.2, 0.25) is 0 Å². The van der Waals surface area contributed by atoms with E-state index in [1.165, 1.54) is 0 Å². The zero-order valence-electron chi connectivity index (χ0n) is 5.63. The minimum absolute atomic E-state index is 0.0110. The molecule has 3 heteroatoms. The Balaban J connectivity index is 3.28. The second kappa shape index (κ2) is 3.68. The molecule has 0 aromatic rings. The molecule has 0 aliphatic carbocycles. The van der Waals surface area contributed by atoms with Crippen LogP contribution in [0.25, 0.3) is 0 Å². The summed E-state index contributed by atoms with van der Waals surface area (Å²) in [5, 5.41) is 0. The maximum atomic E-state index is 12.1. The van der Waals surface area contributed by atoms with Crippen LogP contribution in [0.1, 0.15) is 26.7 Å². The average molecular weight is 248 g/mol. The molecule has 0 aromatic heterocycles. The zero-order chi connectivity index (χ0) is 7.49. The van der Waals surface area contributed by atoms with Gasteiger partial charge in [0.05, 0.1) is 0 Å². The summed E-state index contributed by atoms with van der Waals surface area (Å²) in [6.45, 7) is 2.90. The van der Waals surface area contributed by atoms with E-state index in [-0.39, 0.29) is 6.42 Å². The molecular weight excluding hydrogens is 237 g/mol. The van der Waals surface area contributed by atoms with E-state index in [1.54, 1.807) is 0 Å². The van der Waals surface area contributed by atoms with Gasteiger partial charge in [0.2, 0.25) is 5.92 Å². The summed E-state index contributed by atoms with van der Waals surface area (Å²) in [7, 11) is 0. The fraction of sp³-hybridized carbons (Fsp3) is 1.00. The van der Waals surface area contributed by atoms with Gasteiger partial charge in [-0.05, 0) is 13.3 Å². The van der Waals surface area contributed by atoms with Gasteiger partial charge in [0.1, 0.15) is 0 Å². The first kappa shape index (κ1) is 9.59. The predicted octanol–water partition coefficient (Wildman–Crippen LogP) is 3.25. The monoisotopic (exact) mass is 248 g/mol. The Morgan fingerprint density at radius 3 is 2.11 bits per heavy atom. The highest BCUT2D eigenvalue weighted by Crippen LogP contribution is 2.21. The summed E-state index contributed by atoms with van der Waals surface area (Å²) in [5.41, 5.74) is 0. The van der Waals surface area contributed by atoms with Crippen LogP contribution < -0.4 is 0 Å². The van der Waals surface area contributed by atoms with Gasteiger partial charge in [0.15, 0.2) is 0 Å². The Bertz CT molecular complexity index is 75.6. The molecule has 0 spiro atoms. The van der Waals surface area contributed by atoms with E-state index in [1.807, 2.05) is 6.92 Å². The maximum Gasteiger partial charge on any atom is 0.245 e. The summed E-state index contributed by atoms with van der Waals surface area (Å²) in [4.78, 5) is 0. The van der Waals surface area contributed by atoms with Crippen LogP contribution in [0.5, 0.6) is 0 Å². The number of hydrogen-bond donors (Lipinski definition) is 0. The summed E-state index contributed by atoms with van der Waals surface area (Å²) in [6.07, 6.45) is 0.612. The third-order valence-electron chi connectivity index (χ3n) is 0.981. The van der Waals surface area contributed by atoms with E-state index >= 15 is 0 Å². The molecule has 0 amide bonds. The Hall–Kier alpha value is 0.590. The molecule has 0 N–H and O–H groups in total. The first-order valence-corrected chi connectivity index (χ1v) is 4.18. The normalized spacial score (nSPS) is 15.7. The van der Waals surface area contributed by atoms with E-state index in [0.717, 1.165) is 6.92 Å². The Morgan fingerprint density at radius 2 is 2.00 bits per heavy atom. The van der Waals surface area contributed by atoms with Crippen LogP contribution in [0.3, 0.4) is 0 Å². The molecule has 56 valence electrons. The van der Waals surface area contributed by atoms with Gasteiger partial charge in [-0.25, -0.2) is 8.78 Å². The molecule has 0 fully saturated rings. The van der Waals surface area contributed by atoms with Crippen molar-refractivity contribution in [3.8, 4) is 0 Å². The largest absolute Gasteiger partial charge is 0.245 e. The highest BCUT2D eigenvalue weighted by molar-refractivity contribution is 14.1. The molecule has 1 atom stereocenters. The molecule has 0 saturated heterocycles. The second-order valence-corrected chi connectivity index (χ2v) is 4.52. The number of hydrogen-bond acceptors (Lipinski definition) is 0. The van der Waals surface area contributed by atoms with Crippen molar-refractivity contribution in [2.45, 2.75) is 36.5 Å². The van der Waals surface area contributed by atoms with Crippen molar-refractivity contribution >= 4 is 22.6 Å². The van der Waals surface area contributed by atoms with Crippen molar-refractivity contribution < 1.29 is 8.78 Å². The molecule has 0 saturated carbocycles. The molecular formula is C6H11F2I. The minimum atomic E-state index is -2.47. The molecule has 1 unspecified atom stereocenters. The van der Waals surface area contributed by atoms with Gasteiger partial charge in [-0.3, -0.25) is 0 Å². The average Bonchev–Trinajstić information content (AvgIpc) is 1.59. The first-order chi connectivity index (χ1) is 3.92. The third-order valence-corrected chi connectivity index (χ3v) is 1.60. The smallest absolute Gasteiger partial charge is 0.207 e. The summed E-state index contributed by atoms with van der Waals surface area (Å²) in [6, 6.07) is 0. The van der Waals surface area contributed by atoms with Gasteiger partial charge < -0.3 is 0 Å². The van der Waals surface area contributed by atoms with Gasteiger partial charge in [-0.1, -0.05) is 29.5 Å². The summed E-state index contributed by atoms with van der Waals surface area (Å²) < 4.78 is 24.5. The highest BCUT2D eigenvalue weighted by Gasteiger charge is 2.20. The number of alkyl halides is 3. The van der Waals surface area contributed by atoms with E-state index < -0.39 is 5.92 Å². The zero-order valence-corrected chi connectivity index (χ0v) is 7.78. The topological polar surface area (TPSA) is 0 Å². The molecule has 0 heterocycles. The van der Waals surface area contributed by atoms with Crippen LogP contribution >= 0.6 is 22.6 Å². The fourth-order valence-corrected chi connectivity index (χ4v) is 0.764. The lowest BCUT2D eigenvalue weighted by Crippen LogP contribution is -2.10. The molecule has 0 aromatic carbocycles. The summed E-state index contributed by atoms with van der Waals surface area (Å²) in [5.74, 6) is -2.47. The van der Waals surface area contributed by atoms with Crippen molar-refractivity contribution in [3.05, 3.63) is 0 Å². The molecule has 0 bridgehead atoms. The lowest BCUT2D eigenvalue weighted by molar-refractivity contribution is 0.0114. The van der Waals surface area contributed by atoms with Crippen molar-refractivity contribution in [1.82, 2.24) is 0 Å². The lowest BCUT2D eigenvalue weighted by Gasteiger charge is -2.09. The third kappa shape index (κ3) is 8.59. The van der Waals surface area contributed by atoms with Crippen LogP contribution in [0.4, 0.5) is 8.78 Å². The minimum Gasteiger partial charge on any atom is -0.207 e.